The van der Waals surface area contributed by atoms with Gasteiger partial charge in [0.2, 0.25) is 0 Å². The number of nitrogens with one attached hydrogen (secondary N) is 2. The average Bonchev–Trinajstić information content (AvgIpc) is 2.57. The lowest BCUT2D eigenvalue weighted by Crippen LogP contribution is -2.49. The third kappa shape index (κ3) is 6.37. The molecule has 0 aromatic heterocycles. The SMILES string of the molecule is CCNC(=NCc1cc(F)cc(Br)c1)NCC(C)N1CCOCC1. The standard InChI is InChI=1S/C17H26BrFN4O/c1-3-20-17(21-11-13(2)23-4-6-24-7-5-23)22-12-14-8-15(18)10-16(19)9-14/h8-10,13H,3-7,11-12H2,1-2H3,(H2,20,21,22). The molecular weight excluding hydrogens is 375 g/mol. The van der Waals surface area contributed by atoms with Crippen LogP contribution in [0.5, 0.6) is 0 Å². The molecule has 0 radical (unpaired) electrons. The zero-order valence-corrected chi connectivity index (χ0v) is 15.9. The number of guanidine groups is 1. The molecule has 24 heavy (non-hydrogen) atoms. The number of rotatable bonds is 6. The summed E-state index contributed by atoms with van der Waals surface area (Å²) in [5, 5.41) is 6.60. The number of benzene rings is 1. The summed E-state index contributed by atoms with van der Waals surface area (Å²) in [7, 11) is 0. The first kappa shape index (κ1) is 19.1. The van der Waals surface area contributed by atoms with E-state index in [9.17, 15) is 4.39 Å². The summed E-state index contributed by atoms with van der Waals surface area (Å²) in [5.74, 6) is 0.492. The monoisotopic (exact) mass is 400 g/mol. The van der Waals surface area contributed by atoms with Gasteiger partial charge < -0.3 is 15.4 Å². The van der Waals surface area contributed by atoms with E-state index in [0.29, 0.717) is 12.6 Å². The van der Waals surface area contributed by atoms with E-state index in [2.05, 4.69) is 43.4 Å². The predicted octanol–water partition coefficient (Wildman–Crippen LogP) is 2.36. The normalized spacial score (nSPS) is 17.6. The lowest BCUT2D eigenvalue weighted by Gasteiger charge is -2.32. The quantitative estimate of drug-likeness (QED) is 0.568. The molecule has 0 aliphatic carbocycles. The minimum Gasteiger partial charge on any atom is -0.379 e. The first-order valence-corrected chi connectivity index (χ1v) is 9.16. The van der Waals surface area contributed by atoms with Crippen molar-refractivity contribution in [1.29, 1.82) is 0 Å². The number of hydrogen-bond donors (Lipinski definition) is 2. The summed E-state index contributed by atoms with van der Waals surface area (Å²) in [5.41, 5.74) is 0.834. The van der Waals surface area contributed by atoms with E-state index in [1.807, 2.05) is 13.0 Å². The van der Waals surface area contributed by atoms with Gasteiger partial charge in [-0.05, 0) is 37.6 Å². The molecule has 1 heterocycles. The Bertz CT molecular complexity index is 529. The summed E-state index contributed by atoms with van der Waals surface area (Å²) >= 11 is 3.31. The fourth-order valence-corrected chi connectivity index (χ4v) is 3.12. The van der Waals surface area contributed by atoms with Crippen molar-refractivity contribution >= 4 is 21.9 Å². The highest BCUT2D eigenvalue weighted by Crippen LogP contribution is 2.15. The average molecular weight is 401 g/mol. The van der Waals surface area contributed by atoms with E-state index in [1.54, 1.807) is 0 Å². The second kappa shape index (κ2) is 9.96. The molecule has 1 atom stereocenters. The number of aliphatic imine (C=N–C) groups is 1. The van der Waals surface area contributed by atoms with Crippen LogP contribution in [0.3, 0.4) is 0 Å². The molecule has 0 amide bonds. The molecule has 2 N–H and O–H groups in total. The molecular formula is C17H26BrFN4O. The molecule has 0 bridgehead atoms. The number of halogens is 2. The van der Waals surface area contributed by atoms with Crippen LogP contribution in [-0.2, 0) is 11.3 Å². The zero-order chi connectivity index (χ0) is 17.4. The van der Waals surface area contributed by atoms with Gasteiger partial charge in [0.05, 0.1) is 19.8 Å². The Morgan fingerprint density at radius 3 is 2.75 bits per heavy atom. The largest absolute Gasteiger partial charge is 0.379 e. The maximum Gasteiger partial charge on any atom is 0.191 e. The van der Waals surface area contributed by atoms with E-state index >= 15 is 0 Å². The summed E-state index contributed by atoms with van der Waals surface area (Å²) in [6, 6.07) is 5.24. The first-order valence-electron chi connectivity index (χ1n) is 8.37. The Hall–Kier alpha value is -1.18. The van der Waals surface area contributed by atoms with Crippen molar-refractivity contribution in [3.63, 3.8) is 0 Å². The van der Waals surface area contributed by atoms with Crippen LogP contribution < -0.4 is 10.6 Å². The van der Waals surface area contributed by atoms with Crippen molar-refractivity contribution in [2.24, 2.45) is 4.99 Å². The van der Waals surface area contributed by atoms with Gasteiger partial charge in [-0.25, -0.2) is 9.38 Å². The van der Waals surface area contributed by atoms with Gasteiger partial charge in [0.15, 0.2) is 5.96 Å². The number of morpholine rings is 1. The number of hydrogen-bond acceptors (Lipinski definition) is 3. The van der Waals surface area contributed by atoms with Gasteiger partial charge in [0.1, 0.15) is 5.82 Å². The van der Waals surface area contributed by atoms with Gasteiger partial charge in [-0.2, -0.15) is 0 Å². The van der Waals surface area contributed by atoms with Crippen LogP contribution in [0.25, 0.3) is 0 Å². The number of nitrogens with zero attached hydrogens (tertiary/aromatic N) is 2. The third-order valence-corrected chi connectivity index (χ3v) is 4.38. The molecule has 1 aromatic rings. The van der Waals surface area contributed by atoms with Crippen molar-refractivity contribution in [2.45, 2.75) is 26.4 Å². The van der Waals surface area contributed by atoms with E-state index in [1.165, 1.54) is 12.1 Å². The minimum absolute atomic E-state index is 0.256. The lowest BCUT2D eigenvalue weighted by atomic mass is 10.2. The molecule has 1 aromatic carbocycles. The highest BCUT2D eigenvalue weighted by atomic mass is 79.9. The molecule has 7 heteroatoms. The lowest BCUT2D eigenvalue weighted by molar-refractivity contribution is 0.0211. The Morgan fingerprint density at radius 1 is 1.33 bits per heavy atom. The van der Waals surface area contributed by atoms with Crippen LogP contribution in [0.4, 0.5) is 4.39 Å². The fourth-order valence-electron chi connectivity index (χ4n) is 2.61. The Morgan fingerprint density at radius 2 is 2.08 bits per heavy atom. The zero-order valence-electron chi connectivity index (χ0n) is 14.3. The molecule has 134 valence electrons. The van der Waals surface area contributed by atoms with Gasteiger partial charge in [-0.1, -0.05) is 15.9 Å². The van der Waals surface area contributed by atoms with Crippen LogP contribution in [0.15, 0.2) is 27.7 Å². The van der Waals surface area contributed by atoms with Crippen molar-refractivity contribution in [1.82, 2.24) is 15.5 Å². The molecule has 0 spiro atoms. The smallest absolute Gasteiger partial charge is 0.191 e. The maximum atomic E-state index is 13.4. The summed E-state index contributed by atoms with van der Waals surface area (Å²) in [4.78, 5) is 6.95. The molecule has 1 fully saturated rings. The van der Waals surface area contributed by atoms with E-state index in [0.717, 1.165) is 55.4 Å². The molecule has 1 aliphatic rings. The predicted molar refractivity (Wildman–Crippen MR) is 98.8 cm³/mol. The van der Waals surface area contributed by atoms with Crippen LogP contribution in [0.2, 0.25) is 0 Å². The molecule has 2 rings (SSSR count). The van der Waals surface area contributed by atoms with Crippen molar-refractivity contribution in [3.05, 3.63) is 34.1 Å². The van der Waals surface area contributed by atoms with E-state index in [4.69, 9.17) is 4.74 Å². The summed E-state index contributed by atoms with van der Waals surface area (Å²) < 4.78 is 19.6. The Balaban J connectivity index is 1.90. The third-order valence-electron chi connectivity index (χ3n) is 3.92. The first-order chi connectivity index (χ1) is 11.6. The minimum atomic E-state index is -0.256. The second-order valence-corrected chi connectivity index (χ2v) is 6.77. The van der Waals surface area contributed by atoms with Gasteiger partial charge in [0, 0.05) is 36.7 Å². The van der Waals surface area contributed by atoms with Crippen molar-refractivity contribution in [2.75, 3.05) is 39.4 Å². The Labute approximate surface area is 151 Å². The van der Waals surface area contributed by atoms with Gasteiger partial charge in [-0.3, -0.25) is 4.90 Å². The van der Waals surface area contributed by atoms with Crippen molar-refractivity contribution in [3.8, 4) is 0 Å². The van der Waals surface area contributed by atoms with Crippen LogP contribution in [0.1, 0.15) is 19.4 Å². The van der Waals surface area contributed by atoms with Gasteiger partial charge >= 0.3 is 0 Å². The molecule has 1 unspecified atom stereocenters. The van der Waals surface area contributed by atoms with Crippen LogP contribution >= 0.6 is 15.9 Å². The van der Waals surface area contributed by atoms with Gasteiger partial charge in [0.25, 0.3) is 0 Å². The summed E-state index contributed by atoms with van der Waals surface area (Å²) in [6.45, 7) is 9.77. The summed E-state index contributed by atoms with van der Waals surface area (Å²) in [6.07, 6.45) is 0. The maximum absolute atomic E-state index is 13.4. The molecule has 5 nitrogen and oxygen atoms in total. The number of ether oxygens (including phenoxy) is 1. The highest BCUT2D eigenvalue weighted by Gasteiger charge is 2.16. The topological polar surface area (TPSA) is 48.9 Å². The van der Waals surface area contributed by atoms with Gasteiger partial charge in [-0.15, -0.1) is 0 Å². The molecule has 0 saturated carbocycles. The van der Waals surface area contributed by atoms with Crippen LogP contribution in [-0.4, -0.2) is 56.3 Å². The second-order valence-electron chi connectivity index (χ2n) is 5.85. The van der Waals surface area contributed by atoms with E-state index < -0.39 is 0 Å². The highest BCUT2D eigenvalue weighted by molar-refractivity contribution is 9.10. The van der Waals surface area contributed by atoms with Crippen LogP contribution in [0, 0.1) is 5.82 Å². The Kier molecular flexibility index (Phi) is 7.94. The van der Waals surface area contributed by atoms with Crippen molar-refractivity contribution < 1.29 is 9.13 Å². The van der Waals surface area contributed by atoms with E-state index in [-0.39, 0.29) is 5.82 Å². The fraction of sp³-hybridized carbons (Fsp3) is 0.588. The molecule has 1 saturated heterocycles. The molecule has 1 aliphatic heterocycles.